The fourth-order valence-electron chi connectivity index (χ4n) is 1.88. The Balaban J connectivity index is 2.59. The van der Waals surface area contributed by atoms with Crippen LogP contribution in [-0.4, -0.2) is 25.7 Å². The number of hydrogen-bond donors (Lipinski definition) is 1. The van der Waals surface area contributed by atoms with E-state index in [-0.39, 0.29) is 5.82 Å². The molecule has 0 aromatic heterocycles. The standard InChI is InChI=1S/C14H23FN2/c1-4-9-16-12(3)11-17(5-2)14-8-6-7-13(15)10-14/h6-8,10,12,16H,4-5,9,11H2,1-3H3. The van der Waals surface area contributed by atoms with Gasteiger partial charge >= 0.3 is 0 Å². The highest BCUT2D eigenvalue weighted by Crippen LogP contribution is 2.15. The van der Waals surface area contributed by atoms with Crippen LogP contribution in [-0.2, 0) is 0 Å². The van der Waals surface area contributed by atoms with Crippen LogP contribution in [0.3, 0.4) is 0 Å². The Morgan fingerprint density at radius 3 is 2.71 bits per heavy atom. The first-order chi connectivity index (χ1) is 8.17. The molecule has 1 N–H and O–H groups in total. The van der Waals surface area contributed by atoms with Crippen LogP contribution in [0.5, 0.6) is 0 Å². The summed E-state index contributed by atoms with van der Waals surface area (Å²) in [6, 6.07) is 7.21. The van der Waals surface area contributed by atoms with Gasteiger partial charge in [-0.3, -0.25) is 0 Å². The van der Waals surface area contributed by atoms with Crippen molar-refractivity contribution >= 4 is 5.69 Å². The zero-order valence-electron chi connectivity index (χ0n) is 11.0. The lowest BCUT2D eigenvalue weighted by Crippen LogP contribution is -2.39. The van der Waals surface area contributed by atoms with Gasteiger partial charge in [-0.15, -0.1) is 0 Å². The number of benzene rings is 1. The maximum Gasteiger partial charge on any atom is 0.125 e. The third-order valence-corrected chi connectivity index (χ3v) is 2.79. The van der Waals surface area contributed by atoms with Gasteiger partial charge in [-0.25, -0.2) is 4.39 Å². The van der Waals surface area contributed by atoms with Crippen LogP contribution in [0.4, 0.5) is 10.1 Å². The smallest absolute Gasteiger partial charge is 0.125 e. The maximum absolute atomic E-state index is 13.2. The van der Waals surface area contributed by atoms with E-state index in [0.717, 1.165) is 31.7 Å². The summed E-state index contributed by atoms with van der Waals surface area (Å²) in [5.41, 5.74) is 0.956. The molecule has 0 aliphatic heterocycles. The topological polar surface area (TPSA) is 15.3 Å². The first-order valence-corrected chi connectivity index (χ1v) is 6.41. The number of hydrogen-bond acceptors (Lipinski definition) is 2. The van der Waals surface area contributed by atoms with Crippen LogP contribution < -0.4 is 10.2 Å². The van der Waals surface area contributed by atoms with E-state index in [1.54, 1.807) is 12.1 Å². The van der Waals surface area contributed by atoms with E-state index in [4.69, 9.17) is 0 Å². The highest BCUT2D eigenvalue weighted by Gasteiger charge is 2.09. The molecule has 17 heavy (non-hydrogen) atoms. The Hall–Kier alpha value is -1.09. The third kappa shape index (κ3) is 4.73. The van der Waals surface area contributed by atoms with Gasteiger partial charge in [0, 0.05) is 24.8 Å². The monoisotopic (exact) mass is 238 g/mol. The van der Waals surface area contributed by atoms with Crippen molar-refractivity contribution in [3.05, 3.63) is 30.1 Å². The molecule has 0 fully saturated rings. The van der Waals surface area contributed by atoms with Gasteiger partial charge in [0.15, 0.2) is 0 Å². The normalized spacial score (nSPS) is 12.5. The number of anilines is 1. The first-order valence-electron chi connectivity index (χ1n) is 6.41. The van der Waals surface area contributed by atoms with Gasteiger partial charge < -0.3 is 10.2 Å². The van der Waals surface area contributed by atoms with E-state index in [2.05, 4.69) is 31.0 Å². The van der Waals surface area contributed by atoms with Crippen molar-refractivity contribution < 1.29 is 4.39 Å². The van der Waals surface area contributed by atoms with Crippen LogP contribution in [0.1, 0.15) is 27.2 Å². The van der Waals surface area contributed by atoms with Crippen LogP contribution in [0.15, 0.2) is 24.3 Å². The fraction of sp³-hybridized carbons (Fsp3) is 0.571. The van der Waals surface area contributed by atoms with Crippen LogP contribution in [0.25, 0.3) is 0 Å². The van der Waals surface area contributed by atoms with E-state index < -0.39 is 0 Å². The lowest BCUT2D eigenvalue weighted by Gasteiger charge is -2.27. The summed E-state index contributed by atoms with van der Waals surface area (Å²) in [6.07, 6.45) is 1.14. The molecular formula is C14H23FN2. The zero-order valence-corrected chi connectivity index (χ0v) is 11.0. The predicted octanol–water partition coefficient (Wildman–Crippen LogP) is 3.04. The Morgan fingerprint density at radius 1 is 1.35 bits per heavy atom. The maximum atomic E-state index is 13.2. The van der Waals surface area contributed by atoms with Crippen LogP contribution in [0, 0.1) is 5.82 Å². The highest BCUT2D eigenvalue weighted by molar-refractivity contribution is 5.46. The summed E-state index contributed by atoms with van der Waals surface area (Å²) in [6.45, 7) is 9.24. The molecule has 0 saturated heterocycles. The summed E-state index contributed by atoms with van der Waals surface area (Å²) < 4.78 is 13.2. The van der Waals surface area contributed by atoms with Crippen molar-refractivity contribution in [3.8, 4) is 0 Å². The largest absolute Gasteiger partial charge is 0.370 e. The van der Waals surface area contributed by atoms with Gasteiger partial charge in [0.2, 0.25) is 0 Å². The van der Waals surface area contributed by atoms with Gasteiger partial charge in [-0.2, -0.15) is 0 Å². The molecule has 0 bridgehead atoms. The third-order valence-electron chi connectivity index (χ3n) is 2.79. The molecular weight excluding hydrogens is 215 g/mol. The van der Waals surface area contributed by atoms with Crippen molar-refractivity contribution in [1.29, 1.82) is 0 Å². The van der Waals surface area contributed by atoms with Gasteiger partial charge in [0.25, 0.3) is 0 Å². The molecule has 0 saturated carbocycles. The predicted molar refractivity (Wildman–Crippen MR) is 72.0 cm³/mol. The second-order valence-corrected chi connectivity index (χ2v) is 4.37. The highest BCUT2D eigenvalue weighted by atomic mass is 19.1. The second-order valence-electron chi connectivity index (χ2n) is 4.37. The summed E-state index contributed by atoms with van der Waals surface area (Å²) in [5.74, 6) is -0.171. The van der Waals surface area contributed by atoms with Crippen molar-refractivity contribution in [2.45, 2.75) is 33.2 Å². The van der Waals surface area contributed by atoms with E-state index in [1.807, 2.05) is 6.07 Å². The molecule has 0 aliphatic rings. The Morgan fingerprint density at radius 2 is 2.12 bits per heavy atom. The lowest BCUT2D eigenvalue weighted by atomic mass is 10.2. The summed E-state index contributed by atoms with van der Waals surface area (Å²) >= 11 is 0. The van der Waals surface area contributed by atoms with Gasteiger partial charge in [0.1, 0.15) is 5.82 Å². The Bertz CT molecular complexity index is 328. The minimum absolute atomic E-state index is 0.171. The van der Waals surface area contributed by atoms with Crippen LogP contribution >= 0.6 is 0 Å². The molecule has 0 aliphatic carbocycles. The average molecular weight is 238 g/mol. The SMILES string of the molecule is CCCNC(C)CN(CC)c1cccc(F)c1. The summed E-state index contributed by atoms with van der Waals surface area (Å²) in [7, 11) is 0. The number of nitrogens with zero attached hydrogens (tertiary/aromatic N) is 1. The molecule has 1 aromatic carbocycles. The molecule has 0 heterocycles. The zero-order chi connectivity index (χ0) is 12.7. The quantitative estimate of drug-likeness (QED) is 0.785. The van der Waals surface area contributed by atoms with E-state index in [9.17, 15) is 4.39 Å². The second kappa shape index (κ2) is 7.28. The van der Waals surface area contributed by atoms with Crippen molar-refractivity contribution in [1.82, 2.24) is 5.32 Å². The number of nitrogens with one attached hydrogen (secondary N) is 1. The Kier molecular flexibility index (Phi) is 5.98. The molecule has 96 valence electrons. The molecule has 1 rings (SSSR count). The lowest BCUT2D eigenvalue weighted by molar-refractivity contribution is 0.535. The fourth-order valence-corrected chi connectivity index (χ4v) is 1.88. The Labute approximate surface area is 104 Å². The van der Waals surface area contributed by atoms with E-state index in [1.165, 1.54) is 6.07 Å². The molecule has 1 atom stereocenters. The molecule has 2 nitrogen and oxygen atoms in total. The molecule has 1 unspecified atom stereocenters. The van der Waals surface area contributed by atoms with E-state index >= 15 is 0 Å². The van der Waals surface area contributed by atoms with Gasteiger partial charge in [-0.05, 0) is 45.0 Å². The van der Waals surface area contributed by atoms with E-state index in [0.29, 0.717) is 6.04 Å². The van der Waals surface area contributed by atoms with Crippen LogP contribution in [0.2, 0.25) is 0 Å². The average Bonchev–Trinajstić information content (AvgIpc) is 2.33. The van der Waals surface area contributed by atoms with Gasteiger partial charge in [-0.1, -0.05) is 13.0 Å². The number of rotatable bonds is 7. The molecule has 3 heteroatoms. The van der Waals surface area contributed by atoms with Gasteiger partial charge in [0.05, 0.1) is 0 Å². The minimum atomic E-state index is -0.171. The van der Waals surface area contributed by atoms with Crippen molar-refractivity contribution in [2.75, 3.05) is 24.5 Å². The summed E-state index contributed by atoms with van der Waals surface area (Å²) in [4.78, 5) is 2.19. The molecule has 1 aromatic rings. The van der Waals surface area contributed by atoms with Crippen molar-refractivity contribution in [2.24, 2.45) is 0 Å². The van der Waals surface area contributed by atoms with Crippen molar-refractivity contribution in [3.63, 3.8) is 0 Å². The molecule has 0 amide bonds. The number of likely N-dealkylation sites (N-methyl/N-ethyl adjacent to an activating group) is 1. The minimum Gasteiger partial charge on any atom is -0.370 e. The summed E-state index contributed by atoms with van der Waals surface area (Å²) in [5, 5.41) is 3.45. The molecule has 0 spiro atoms. The first kappa shape index (κ1) is 14.0. The number of halogens is 1. The molecule has 0 radical (unpaired) electrons.